The molecular weight excluding hydrogens is 354 g/mol. The molecule has 7 heteroatoms. The van der Waals surface area contributed by atoms with E-state index in [0.29, 0.717) is 17.3 Å². The van der Waals surface area contributed by atoms with Crippen molar-refractivity contribution in [1.82, 2.24) is 9.88 Å². The minimum Gasteiger partial charge on any atom is -0.315 e. The van der Waals surface area contributed by atoms with Crippen LogP contribution in [0.3, 0.4) is 0 Å². The van der Waals surface area contributed by atoms with Crippen molar-refractivity contribution >= 4 is 40.0 Å². The highest BCUT2D eigenvalue weighted by atomic mass is 32.2. The van der Waals surface area contributed by atoms with E-state index in [0.717, 1.165) is 22.6 Å². The summed E-state index contributed by atoms with van der Waals surface area (Å²) >= 11 is 3.17. The Balaban J connectivity index is 1.53. The average Bonchev–Trinajstić information content (AvgIpc) is 3.22. The van der Waals surface area contributed by atoms with Crippen LogP contribution < -0.4 is 5.32 Å². The van der Waals surface area contributed by atoms with E-state index >= 15 is 0 Å². The van der Waals surface area contributed by atoms with Crippen LogP contribution in [0.5, 0.6) is 0 Å². The standard InChI is InChI=1S/C18H19N3O2S2/c1-11-15(12-6-4-3-5-7-12)19-17(25-11)20-16(23)13-10-24-18(2)9-8-14(22)21(13)18/h3-7,13H,8-10H2,1-2H3,(H,19,20,23)/t13-,18+/m1/s1. The summed E-state index contributed by atoms with van der Waals surface area (Å²) in [7, 11) is 0. The molecule has 2 aliphatic heterocycles. The quantitative estimate of drug-likeness (QED) is 0.894. The summed E-state index contributed by atoms with van der Waals surface area (Å²) in [6.07, 6.45) is 1.34. The van der Waals surface area contributed by atoms with E-state index in [1.165, 1.54) is 11.3 Å². The molecule has 2 saturated heterocycles. The number of thioether (sulfide) groups is 1. The first-order valence-corrected chi connectivity index (χ1v) is 10.1. The number of rotatable bonds is 3. The monoisotopic (exact) mass is 373 g/mol. The van der Waals surface area contributed by atoms with Crippen molar-refractivity contribution < 1.29 is 9.59 Å². The first-order valence-electron chi connectivity index (χ1n) is 8.28. The lowest BCUT2D eigenvalue weighted by Crippen LogP contribution is -2.48. The number of thiazole rings is 1. The molecule has 1 aromatic carbocycles. The van der Waals surface area contributed by atoms with E-state index in [2.05, 4.69) is 17.2 Å². The van der Waals surface area contributed by atoms with E-state index in [4.69, 9.17) is 0 Å². The fourth-order valence-electron chi connectivity index (χ4n) is 3.52. The lowest BCUT2D eigenvalue weighted by atomic mass is 10.1. The van der Waals surface area contributed by atoms with Gasteiger partial charge in [0.25, 0.3) is 0 Å². The number of carbonyl (C=O) groups is 2. The van der Waals surface area contributed by atoms with Gasteiger partial charge in [0.2, 0.25) is 11.8 Å². The summed E-state index contributed by atoms with van der Waals surface area (Å²) in [5.74, 6) is 0.581. The van der Waals surface area contributed by atoms with E-state index in [-0.39, 0.29) is 16.7 Å². The van der Waals surface area contributed by atoms with Crippen LogP contribution in [-0.4, -0.2) is 38.4 Å². The molecule has 0 bridgehead atoms. The van der Waals surface area contributed by atoms with Crippen LogP contribution in [0, 0.1) is 6.92 Å². The van der Waals surface area contributed by atoms with Gasteiger partial charge in [0.15, 0.2) is 5.13 Å². The number of nitrogens with one attached hydrogen (secondary N) is 1. The molecule has 0 radical (unpaired) electrons. The molecule has 0 saturated carbocycles. The predicted molar refractivity (Wildman–Crippen MR) is 102 cm³/mol. The highest BCUT2D eigenvalue weighted by Gasteiger charge is 2.52. The van der Waals surface area contributed by atoms with Gasteiger partial charge in [0, 0.05) is 22.6 Å². The molecule has 25 heavy (non-hydrogen) atoms. The van der Waals surface area contributed by atoms with Gasteiger partial charge in [-0.25, -0.2) is 4.98 Å². The third-order valence-electron chi connectivity index (χ3n) is 4.82. The molecule has 130 valence electrons. The van der Waals surface area contributed by atoms with Gasteiger partial charge in [-0.1, -0.05) is 30.3 Å². The molecular formula is C18H19N3O2S2. The number of fused-ring (bicyclic) bond motifs is 1. The Labute approximate surface area is 154 Å². The predicted octanol–water partition coefficient (Wildman–Crippen LogP) is 3.51. The third-order valence-corrected chi connectivity index (χ3v) is 7.21. The van der Waals surface area contributed by atoms with Gasteiger partial charge in [-0.3, -0.25) is 9.59 Å². The highest BCUT2D eigenvalue weighted by molar-refractivity contribution is 8.01. The number of aryl methyl sites for hydroxylation is 1. The molecule has 0 unspecified atom stereocenters. The van der Waals surface area contributed by atoms with Gasteiger partial charge in [-0.2, -0.15) is 0 Å². The lowest BCUT2D eigenvalue weighted by Gasteiger charge is -2.29. The molecule has 2 aromatic rings. The molecule has 3 heterocycles. The second-order valence-electron chi connectivity index (χ2n) is 6.54. The van der Waals surface area contributed by atoms with Gasteiger partial charge in [-0.15, -0.1) is 23.1 Å². The molecule has 4 rings (SSSR count). The molecule has 2 amide bonds. The third kappa shape index (κ3) is 2.85. The van der Waals surface area contributed by atoms with Crippen molar-refractivity contribution in [2.24, 2.45) is 0 Å². The maximum Gasteiger partial charge on any atom is 0.249 e. The van der Waals surface area contributed by atoms with Crippen molar-refractivity contribution in [3.8, 4) is 11.3 Å². The van der Waals surface area contributed by atoms with Crippen LogP contribution in [-0.2, 0) is 9.59 Å². The maximum atomic E-state index is 12.8. The lowest BCUT2D eigenvalue weighted by molar-refractivity contribution is -0.135. The van der Waals surface area contributed by atoms with Gasteiger partial charge < -0.3 is 10.2 Å². The normalized spacial score (nSPS) is 25.3. The molecule has 2 fully saturated rings. The number of hydrogen-bond acceptors (Lipinski definition) is 5. The van der Waals surface area contributed by atoms with E-state index in [9.17, 15) is 9.59 Å². The van der Waals surface area contributed by atoms with Crippen LogP contribution in [0.15, 0.2) is 30.3 Å². The second-order valence-corrected chi connectivity index (χ2v) is 9.25. The fraction of sp³-hybridized carbons (Fsp3) is 0.389. The SMILES string of the molecule is Cc1sc(NC(=O)[C@H]2CS[C@@]3(C)CCC(=O)N23)nc1-c1ccccc1. The molecule has 5 nitrogen and oxygen atoms in total. The first-order chi connectivity index (χ1) is 12.0. The van der Waals surface area contributed by atoms with Gasteiger partial charge in [-0.05, 0) is 20.3 Å². The number of benzene rings is 1. The molecule has 2 atom stereocenters. The van der Waals surface area contributed by atoms with E-state index < -0.39 is 6.04 Å². The number of aromatic nitrogens is 1. The summed E-state index contributed by atoms with van der Waals surface area (Å²) in [6.45, 7) is 4.05. The molecule has 1 N–H and O–H groups in total. The van der Waals surface area contributed by atoms with E-state index in [1.807, 2.05) is 37.3 Å². The molecule has 0 aliphatic carbocycles. The average molecular weight is 374 g/mol. The van der Waals surface area contributed by atoms with Gasteiger partial charge in [0.05, 0.1) is 10.6 Å². The summed E-state index contributed by atoms with van der Waals surface area (Å²) in [4.78, 5) is 32.1. The zero-order chi connectivity index (χ0) is 17.6. The smallest absolute Gasteiger partial charge is 0.249 e. The number of hydrogen-bond donors (Lipinski definition) is 1. The van der Waals surface area contributed by atoms with Gasteiger partial charge in [0.1, 0.15) is 6.04 Å². The Morgan fingerprint density at radius 1 is 1.36 bits per heavy atom. The van der Waals surface area contributed by atoms with Crippen LogP contribution in [0.25, 0.3) is 11.3 Å². The van der Waals surface area contributed by atoms with Crippen molar-refractivity contribution in [2.45, 2.75) is 37.6 Å². The number of anilines is 1. The minimum absolute atomic E-state index is 0.0768. The highest BCUT2D eigenvalue weighted by Crippen LogP contribution is 2.47. The van der Waals surface area contributed by atoms with Crippen LogP contribution in [0.1, 0.15) is 24.6 Å². The zero-order valence-electron chi connectivity index (χ0n) is 14.1. The first kappa shape index (κ1) is 16.6. The van der Waals surface area contributed by atoms with Crippen molar-refractivity contribution in [3.63, 3.8) is 0 Å². The van der Waals surface area contributed by atoms with E-state index in [1.54, 1.807) is 16.7 Å². The van der Waals surface area contributed by atoms with Crippen LogP contribution >= 0.6 is 23.1 Å². The van der Waals surface area contributed by atoms with Crippen molar-refractivity contribution in [1.29, 1.82) is 0 Å². The number of nitrogens with zero attached hydrogens (tertiary/aromatic N) is 2. The molecule has 2 aliphatic rings. The fourth-order valence-corrected chi connectivity index (χ4v) is 5.79. The minimum atomic E-state index is -0.408. The summed E-state index contributed by atoms with van der Waals surface area (Å²) < 4.78 is 0. The topological polar surface area (TPSA) is 62.3 Å². The van der Waals surface area contributed by atoms with Crippen molar-refractivity contribution in [2.75, 3.05) is 11.1 Å². The van der Waals surface area contributed by atoms with Crippen molar-refractivity contribution in [3.05, 3.63) is 35.2 Å². The van der Waals surface area contributed by atoms with Crippen LogP contribution in [0.4, 0.5) is 5.13 Å². The Kier molecular flexibility index (Phi) is 4.08. The summed E-state index contributed by atoms with van der Waals surface area (Å²) in [6, 6.07) is 9.53. The molecule has 1 aromatic heterocycles. The van der Waals surface area contributed by atoms with Crippen LogP contribution in [0.2, 0.25) is 0 Å². The summed E-state index contributed by atoms with van der Waals surface area (Å²) in [5, 5.41) is 3.52. The second kappa shape index (κ2) is 6.14. The maximum absolute atomic E-state index is 12.8. The zero-order valence-corrected chi connectivity index (χ0v) is 15.7. The number of carbonyl (C=O) groups excluding carboxylic acids is 2. The number of amides is 2. The Hall–Kier alpha value is -1.86. The summed E-state index contributed by atoms with van der Waals surface area (Å²) in [5.41, 5.74) is 1.93. The van der Waals surface area contributed by atoms with Gasteiger partial charge >= 0.3 is 0 Å². The Bertz CT molecular complexity index is 836. The largest absolute Gasteiger partial charge is 0.315 e. The Morgan fingerprint density at radius 2 is 2.12 bits per heavy atom. The molecule has 0 spiro atoms. The Morgan fingerprint density at radius 3 is 2.88 bits per heavy atom.